The van der Waals surface area contributed by atoms with Gasteiger partial charge in [0.25, 0.3) is 0 Å². The molecule has 0 unspecified atom stereocenters. The summed E-state index contributed by atoms with van der Waals surface area (Å²) in [5.41, 5.74) is 6.51. The Kier molecular flexibility index (Phi) is 5.65. The molecule has 7 heteroatoms. The Morgan fingerprint density at radius 3 is 2.47 bits per heavy atom. The van der Waals surface area contributed by atoms with Crippen molar-refractivity contribution in [2.24, 2.45) is 5.73 Å². The van der Waals surface area contributed by atoms with Crippen molar-refractivity contribution >= 4 is 34.0 Å². The molecule has 108 valence electrons. The van der Waals surface area contributed by atoms with E-state index in [1.165, 1.54) is 10.4 Å². The lowest BCUT2D eigenvalue weighted by Gasteiger charge is -2.29. The Bertz CT molecular complexity index is 541. The summed E-state index contributed by atoms with van der Waals surface area (Å²) >= 11 is 5.88. The van der Waals surface area contributed by atoms with Gasteiger partial charge in [-0.15, -0.1) is 12.4 Å². The van der Waals surface area contributed by atoms with Gasteiger partial charge in [-0.3, -0.25) is 0 Å². The van der Waals surface area contributed by atoms with Crippen molar-refractivity contribution < 1.29 is 8.42 Å². The van der Waals surface area contributed by atoms with Crippen LogP contribution in [0.1, 0.15) is 18.4 Å². The summed E-state index contributed by atoms with van der Waals surface area (Å²) in [6, 6.07) is 5.05. The van der Waals surface area contributed by atoms with Crippen LogP contribution in [-0.2, 0) is 10.0 Å². The van der Waals surface area contributed by atoms with Gasteiger partial charge >= 0.3 is 0 Å². The van der Waals surface area contributed by atoms with Gasteiger partial charge in [0.15, 0.2) is 0 Å². The summed E-state index contributed by atoms with van der Waals surface area (Å²) in [6.45, 7) is 2.74. The molecule has 0 aliphatic carbocycles. The second-order valence-electron chi connectivity index (χ2n) is 4.65. The molecule has 1 saturated heterocycles. The van der Waals surface area contributed by atoms with Crippen LogP contribution in [-0.4, -0.2) is 31.9 Å². The lowest BCUT2D eigenvalue weighted by Crippen LogP contribution is -2.42. The van der Waals surface area contributed by atoms with E-state index in [1.807, 2.05) is 0 Å². The van der Waals surface area contributed by atoms with Crippen molar-refractivity contribution in [3.05, 3.63) is 28.8 Å². The molecule has 19 heavy (non-hydrogen) atoms. The van der Waals surface area contributed by atoms with Crippen LogP contribution in [0.5, 0.6) is 0 Å². The van der Waals surface area contributed by atoms with Crippen LogP contribution in [0.3, 0.4) is 0 Å². The SMILES string of the molecule is Cc1ccc(Cl)cc1S(=O)(=O)N1CCC(N)CC1.Cl. The maximum absolute atomic E-state index is 12.5. The third-order valence-corrected chi connectivity index (χ3v) is 5.54. The third kappa shape index (κ3) is 3.61. The zero-order valence-corrected chi connectivity index (χ0v) is 13.1. The topological polar surface area (TPSA) is 63.4 Å². The summed E-state index contributed by atoms with van der Waals surface area (Å²) in [5.74, 6) is 0. The molecule has 0 atom stereocenters. The molecule has 0 radical (unpaired) electrons. The highest BCUT2D eigenvalue weighted by atomic mass is 35.5. The molecule has 0 spiro atoms. The molecule has 1 fully saturated rings. The summed E-state index contributed by atoms with van der Waals surface area (Å²) in [6.07, 6.45) is 1.41. The lowest BCUT2D eigenvalue weighted by atomic mass is 10.1. The van der Waals surface area contributed by atoms with E-state index in [9.17, 15) is 8.42 Å². The van der Waals surface area contributed by atoms with Gasteiger partial charge < -0.3 is 5.73 Å². The van der Waals surface area contributed by atoms with Gasteiger partial charge in [-0.1, -0.05) is 17.7 Å². The van der Waals surface area contributed by atoms with E-state index in [0.717, 1.165) is 0 Å². The first-order valence-corrected chi connectivity index (χ1v) is 7.75. The van der Waals surface area contributed by atoms with Gasteiger partial charge in [0.1, 0.15) is 0 Å². The third-order valence-electron chi connectivity index (χ3n) is 3.27. The first-order chi connectivity index (χ1) is 8.41. The smallest absolute Gasteiger partial charge is 0.243 e. The number of hydrogen-bond donors (Lipinski definition) is 1. The van der Waals surface area contributed by atoms with Gasteiger partial charge in [-0.05, 0) is 37.5 Å². The first-order valence-electron chi connectivity index (χ1n) is 5.93. The number of aryl methyl sites for hydroxylation is 1. The standard InChI is InChI=1S/C12H17ClN2O2S.ClH/c1-9-2-3-10(13)8-12(9)18(16,17)15-6-4-11(14)5-7-15;/h2-3,8,11H,4-7,14H2,1H3;1H. The van der Waals surface area contributed by atoms with E-state index in [-0.39, 0.29) is 18.4 Å². The molecular formula is C12H18Cl2N2O2S. The van der Waals surface area contributed by atoms with Gasteiger partial charge in [0, 0.05) is 24.2 Å². The lowest BCUT2D eigenvalue weighted by molar-refractivity contribution is 0.320. The second kappa shape index (κ2) is 6.41. The van der Waals surface area contributed by atoms with Crippen molar-refractivity contribution in [3.8, 4) is 0 Å². The van der Waals surface area contributed by atoms with Crippen LogP contribution in [0.2, 0.25) is 5.02 Å². The number of sulfonamides is 1. The fourth-order valence-corrected chi connectivity index (χ4v) is 4.06. The van der Waals surface area contributed by atoms with Crippen molar-refractivity contribution in [2.45, 2.75) is 30.7 Å². The van der Waals surface area contributed by atoms with E-state index in [4.69, 9.17) is 17.3 Å². The van der Waals surface area contributed by atoms with E-state index >= 15 is 0 Å². The first kappa shape index (κ1) is 16.7. The normalized spacial score (nSPS) is 18.1. The molecule has 4 nitrogen and oxygen atoms in total. The fourth-order valence-electron chi connectivity index (χ4n) is 2.11. The number of hydrogen-bond acceptors (Lipinski definition) is 3. The minimum atomic E-state index is -3.45. The molecule has 2 rings (SSSR count). The zero-order valence-electron chi connectivity index (χ0n) is 10.7. The van der Waals surface area contributed by atoms with E-state index < -0.39 is 10.0 Å². The molecule has 1 heterocycles. The molecular weight excluding hydrogens is 307 g/mol. The average molecular weight is 325 g/mol. The molecule has 2 N–H and O–H groups in total. The molecule has 1 aliphatic heterocycles. The number of rotatable bonds is 2. The predicted octanol–water partition coefficient (Wildman–Crippen LogP) is 2.18. The van der Waals surface area contributed by atoms with Crippen molar-refractivity contribution in [2.75, 3.05) is 13.1 Å². The number of nitrogens with zero attached hydrogens (tertiary/aromatic N) is 1. The molecule has 0 saturated carbocycles. The maximum atomic E-state index is 12.5. The number of nitrogens with two attached hydrogens (primary N) is 1. The van der Waals surface area contributed by atoms with Crippen molar-refractivity contribution in [3.63, 3.8) is 0 Å². The molecule has 1 aromatic carbocycles. The summed E-state index contributed by atoms with van der Waals surface area (Å²) in [5, 5.41) is 0.438. The number of benzene rings is 1. The fraction of sp³-hybridized carbons (Fsp3) is 0.500. The van der Waals surface area contributed by atoms with Gasteiger partial charge in [0.2, 0.25) is 10.0 Å². The number of halogens is 2. The van der Waals surface area contributed by atoms with Crippen LogP contribution in [0.25, 0.3) is 0 Å². The molecule has 0 bridgehead atoms. The Hall–Kier alpha value is -0.330. The minimum absolute atomic E-state index is 0. The highest BCUT2D eigenvalue weighted by Crippen LogP contribution is 2.25. The van der Waals surface area contributed by atoms with Gasteiger partial charge in [0.05, 0.1) is 4.90 Å². The van der Waals surface area contributed by atoms with Crippen LogP contribution in [0.15, 0.2) is 23.1 Å². The van der Waals surface area contributed by atoms with Gasteiger partial charge in [-0.25, -0.2) is 8.42 Å². The maximum Gasteiger partial charge on any atom is 0.243 e. The van der Waals surface area contributed by atoms with E-state index in [1.54, 1.807) is 19.1 Å². The Morgan fingerprint density at radius 1 is 1.32 bits per heavy atom. The quantitative estimate of drug-likeness (QED) is 0.906. The molecule has 0 aromatic heterocycles. The summed E-state index contributed by atoms with van der Waals surface area (Å²) in [7, 11) is -3.45. The predicted molar refractivity (Wildman–Crippen MR) is 79.4 cm³/mol. The Labute approximate surface area is 125 Å². The van der Waals surface area contributed by atoms with Crippen LogP contribution < -0.4 is 5.73 Å². The van der Waals surface area contributed by atoms with Crippen LogP contribution in [0.4, 0.5) is 0 Å². The largest absolute Gasteiger partial charge is 0.328 e. The molecule has 0 amide bonds. The van der Waals surface area contributed by atoms with Crippen LogP contribution in [0, 0.1) is 6.92 Å². The molecule has 1 aromatic rings. The Morgan fingerprint density at radius 2 is 1.89 bits per heavy atom. The second-order valence-corrected chi connectivity index (χ2v) is 6.99. The highest BCUT2D eigenvalue weighted by molar-refractivity contribution is 7.89. The zero-order chi connectivity index (χ0) is 13.3. The molecule has 1 aliphatic rings. The van der Waals surface area contributed by atoms with Crippen molar-refractivity contribution in [1.29, 1.82) is 0 Å². The highest BCUT2D eigenvalue weighted by Gasteiger charge is 2.29. The Balaban J connectivity index is 0.00000180. The van der Waals surface area contributed by atoms with E-state index in [0.29, 0.717) is 41.4 Å². The average Bonchev–Trinajstić information content (AvgIpc) is 2.32. The van der Waals surface area contributed by atoms with Gasteiger partial charge in [-0.2, -0.15) is 4.31 Å². The van der Waals surface area contributed by atoms with Crippen molar-refractivity contribution in [1.82, 2.24) is 4.31 Å². The number of piperidine rings is 1. The minimum Gasteiger partial charge on any atom is -0.328 e. The summed E-state index contributed by atoms with van der Waals surface area (Å²) in [4.78, 5) is 0.297. The summed E-state index contributed by atoms with van der Waals surface area (Å²) < 4.78 is 26.5. The van der Waals surface area contributed by atoms with E-state index in [2.05, 4.69) is 0 Å². The van der Waals surface area contributed by atoms with Crippen LogP contribution >= 0.6 is 24.0 Å². The monoisotopic (exact) mass is 324 g/mol.